The smallest absolute Gasteiger partial charge is 0.146 e. The maximum atomic E-state index is 14.2. The second-order valence-corrected chi connectivity index (χ2v) is 5.82. The van der Waals surface area contributed by atoms with Crippen LogP contribution < -0.4 is 10.6 Å². The molecule has 0 bridgehead atoms. The van der Waals surface area contributed by atoms with Crippen LogP contribution in [0.1, 0.15) is 38.8 Å². The Labute approximate surface area is 109 Å². The summed E-state index contributed by atoms with van der Waals surface area (Å²) < 4.78 is 14.2. The third-order valence-electron chi connectivity index (χ3n) is 3.69. The molecular formula is C15H23FN2. The molecule has 100 valence electrons. The minimum atomic E-state index is -0.147. The molecule has 0 radical (unpaired) electrons. The van der Waals surface area contributed by atoms with E-state index in [4.69, 9.17) is 5.73 Å². The van der Waals surface area contributed by atoms with Crippen molar-refractivity contribution < 1.29 is 4.39 Å². The van der Waals surface area contributed by atoms with Crippen LogP contribution in [-0.4, -0.2) is 13.1 Å². The lowest BCUT2D eigenvalue weighted by molar-refractivity contribution is 0.354. The van der Waals surface area contributed by atoms with Crippen molar-refractivity contribution in [2.45, 2.75) is 33.2 Å². The van der Waals surface area contributed by atoms with Crippen LogP contribution in [0.25, 0.3) is 0 Å². The first-order chi connectivity index (χ1) is 8.49. The average Bonchev–Trinajstić information content (AvgIpc) is 2.26. The molecule has 1 aliphatic rings. The number of hydrogen-bond donors (Lipinski definition) is 1. The van der Waals surface area contributed by atoms with Crippen molar-refractivity contribution >= 4 is 5.69 Å². The van der Waals surface area contributed by atoms with E-state index in [1.807, 2.05) is 13.0 Å². The number of piperidine rings is 1. The van der Waals surface area contributed by atoms with E-state index in [-0.39, 0.29) is 11.9 Å². The van der Waals surface area contributed by atoms with Crippen LogP contribution in [0.2, 0.25) is 0 Å². The summed E-state index contributed by atoms with van der Waals surface area (Å²) in [6.45, 7) is 8.22. The molecule has 3 heteroatoms. The maximum absolute atomic E-state index is 14.2. The lowest BCUT2D eigenvalue weighted by Gasteiger charge is -2.38. The van der Waals surface area contributed by atoms with Crippen molar-refractivity contribution in [2.24, 2.45) is 17.6 Å². The third-order valence-corrected chi connectivity index (χ3v) is 3.69. The molecule has 0 saturated carbocycles. The number of halogens is 1. The zero-order valence-corrected chi connectivity index (χ0v) is 11.5. The van der Waals surface area contributed by atoms with Gasteiger partial charge >= 0.3 is 0 Å². The van der Waals surface area contributed by atoms with E-state index in [0.717, 1.165) is 18.7 Å². The summed E-state index contributed by atoms with van der Waals surface area (Å²) in [5.74, 6) is 1.06. The van der Waals surface area contributed by atoms with Crippen molar-refractivity contribution in [3.63, 3.8) is 0 Å². The molecular weight excluding hydrogens is 227 g/mol. The SMILES string of the molecule is CC1CC(C)CN(c2c(F)cccc2[C@@H](C)N)C1. The first-order valence-corrected chi connectivity index (χ1v) is 6.78. The maximum Gasteiger partial charge on any atom is 0.146 e. The molecule has 1 aromatic rings. The molecule has 2 unspecified atom stereocenters. The summed E-state index contributed by atoms with van der Waals surface area (Å²) in [4.78, 5) is 2.17. The predicted octanol–water partition coefficient (Wildman–Crippen LogP) is 3.33. The molecule has 1 aliphatic heterocycles. The Morgan fingerprint density at radius 1 is 1.28 bits per heavy atom. The molecule has 0 spiro atoms. The van der Waals surface area contributed by atoms with Crippen LogP contribution >= 0.6 is 0 Å². The van der Waals surface area contributed by atoms with E-state index in [0.29, 0.717) is 17.5 Å². The Balaban J connectivity index is 2.37. The van der Waals surface area contributed by atoms with Crippen LogP contribution in [-0.2, 0) is 0 Å². The van der Waals surface area contributed by atoms with Gasteiger partial charge in [-0.25, -0.2) is 4.39 Å². The molecule has 18 heavy (non-hydrogen) atoms. The molecule has 0 aliphatic carbocycles. The Bertz CT molecular complexity index is 407. The van der Waals surface area contributed by atoms with E-state index in [1.54, 1.807) is 6.07 Å². The molecule has 2 N–H and O–H groups in total. The second kappa shape index (κ2) is 5.27. The van der Waals surface area contributed by atoms with Crippen molar-refractivity contribution in [1.29, 1.82) is 0 Å². The quantitative estimate of drug-likeness (QED) is 0.872. The molecule has 0 aromatic heterocycles. The fourth-order valence-electron chi connectivity index (χ4n) is 3.08. The minimum absolute atomic E-state index is 0.136. The van der Waals surface area contributed by atoms with E-state index in [2.05, 4.69) is 18.7 Å². The van der Waals surface area contributed by atoms with Crippen LogP contribution in [0.4, 0.5) is 10.1 Å². The van der Waals surface area contributed by atoms with E-state index in [9.17, 15) is 4.39 Å². The Morgan fingerprint density at radius 3 is 2.44 bits per heavy atom. The van der Waals surface area contributed by atoms with E-state index >= 15 is 0 Å². The summed E-state index contributed by atoms with van der Waals surface area (Å²) in [6.07, 6.45) is 1.22. The fraction of sp³-hybridized carbons (Fsp3) is 0.600. The number of nitrogens with zero attached hydrogens (tertiary/aromatic N) is 1. The van der Waals surface area contributed by atoms with Crippen molar-refractivity contribution in [1.82, 2.24) is 0 Å². The highest BCUT2D eigenvalue weighted by molar-refractivity contribution is 5.56. The predicted molar refractivity (Wildman–Crippen MR) is 74.2 cm³/mol. The van der Waals surface area contributed by atoms with Gasteiger partial charge in [0.15, 0.2) is 0 Å². The van der Waals surface area contributed by atoms with Gasteiger partial charge in [-0.05, 0) is 36.8 Å². The molecule has 1 heterocycles. The summed E-state index contributed by atoms with van der Waals surface area (Å²) in [6, 6.07) is 5.08. The highest BCUT2D eigenvalue weighted by Crippen LogP contribution is 2.33. The van der Waals surface area contributed by atoms with Gasteiger partial charge in [-0.2, -0.15) is 0 Å². The van der Waals surface area contributed by atoms with E-state index < -0.39 is 0 Å². The first kappa shape index (κ1) is 13.3. The van der Waals surface area contributed by atoms with Crippen LogP contribution in [0.15, 0.2) is 18.2 Å². The number of rotatable bonds is 2. The standard InChI is InChI=1S/C15H23FN2/c1-10-7-11(2)9-18(8-10)15-13(12(3)17)5-4-6-14(15)16/h4-6,10-12H,7-9,17H2,1-3H3/t10?,11?,12-/m1/s1. The highest BCUT2D eigenvalue weighted by Gasteiger charge is 2.26. The van der Waals surface area contributed by atoms with Crippen molar-refractivity contribution in [3.8, 4) is 0 Å². The molecule has 1 fully saturated rings. The van der Waals surface area contributed by atoms with Crippen LogP contribution in [0, 0.1) is 17.7 Å². The number of benzene rings is 1. The van der Waals surface area contributed by atoms with Crippen LogP contribution in [0.3, 0.4) is 0 Å². The zero-order valence-electron chi connectivity index (χ0n) is 11.5. The van der Waals surface area contributed by atoms with Crippen LogP contribution in [0.5, 0.6) is 0 Å². The minimum Gasteiger partial charge on any atom is -0.368 e. The normalized spacial score (nSPS) is 26.2. The molecule has 1 aromatic carbocycles. The van der Waals surface area contributed by atoms with Gasteiger partial charge in [-0.15, -0.1) is 0 Å². The van der Waals surface area contributed by atoms with Gasteiger partial charge in [0.05, 0.1) is 5.69 Å². The Morgan fingerprint density at radius 2 is 1.89 bits per heavy atom. The number of hydrogen-bond acceptors (Lipinski definition) is 2. The summed E-state index contributed by atoms with van der Waals surface area (Å²) >= 11 is 0. The first-order valence-electron chi connectivity index (χ1n) is 6.78. The lowest BCUT2D eigenvalue weighted by Crippen LogP contribution is -2.40. The number of para-hydroxylation sites is 1. The van der Waals surface area contributed by atoms with Gasteiger partial charge in [0.25, 0.3) is 0 Å². The topological polar surface area (TPSA) is 29.3 Å². The van der Waals surface area contributed by atoms with Gasteiger partial charge in [0.1, 0.15) is 5.82 Å². The Kier molecular flexibility index (Phi) is 3.91. The summed E-state index contributed by atoms with van der Waals surface area (Å²) in [5.41, 5.74) is 7.59. The van der Waals surface area contributed by atoms with Gasteiger partial charge in [-0.3, -0.25) is 0 Å². The Hall–Kier alpha value is -1.09. The second-order valence-electron chi connectivity index (χ2n) is 5.82. The van der Waals surface area contributed by atoms with Crippen molar-refractivity contribution in [3.05, 3.63) is 29.6 Å². The third kappa shape index (κ3) is 2.66. The average molecular weight is 250 g/mol. The zero-order chi connectivity index (χ0) is 13.3. The summed E-state index contributed by atoms with van der Waals surface area (Å²) in [7, 11) is 0. The molecule has 2 nitrogen and oxygen atoms in total. The highest BCUT2D eigenvalue weighted by atomic mass is 19.1. The number of nitrogens with two attached hydrogens (primary N) is 1. The van der Waals surface area contributed by atoms with Crippen molar-refractivity contribution in [2.75, 3.05) is 18.0 Å². The van der Waals surface area contributed by atoms with Gasteiger partial charge in [0.2, 0.25) is 0 Å². The lowest BCUT2D eigenvalue weighted by atomic mass is 9.90. The summed E-state index contributed by atoms with van der Waals surface area (Å²) in [5, 5.41) is 0. The fourth-order valence-corrected chi connectivity index (χ4v) is 3.08. The monoisotopic (exact) mass is 250 g/mol. The largest absolute Gasteiger partial charge is 0.368 e. The molecule has 1 saturated heterocycles. The molecule has 3 atom stereocenters. The number of anilines is 1. The van der Waals surface area contributed by atoms with E-state index in [1.165, 1.54) is 12.5 Å². The molecule has 0 amide bonds. The van der Waals surface area contributed by atoms with Gasteiger partial charge < -0.3 is 10.6 Å². The molecule has 2 rings (SSSR count). The van der Waals surface area contributed by atoms with Gasteiger partial charge in [0, 0.05) is 19.1 Å². The van der Waals surface area contributed by atoms with Gasteiger partial charge in [-0.1, -0.05) is 26.0 Å².